The summed E-state index contributed by atoms with van der Waals surface area (Å²) >= 11 is 0. The Balaban J connectivity index is 1.51. The van der Waals surface area contributed by atoms with Crippen molar-refractivity contribution in [2.75, 3.05) is 6.54 Å². The molecule has 2 aromatic heterocycles. The SMILES string of the molecule is CCc1ccc(S(=O)(=O)NCCn2nc(-c3cccnc3)n(C3CC3)c2=O)cc1. The lowest BCUT2D eigenvalue weighted by molar-refractivity contribution is 0.547. The van der Waals surface area contributed by atoms with Crippen molar-refractivity contribution >= 4 is 10.0 Å². The molecule has 2 heterocycles. The zero-order chi connectivity index (χ0) is 20.4. The third kappa shape index (κ3) is 4.15. The average Bonchev–Trinajstić information content (AvgIpc) is 3.52. The Hall–Kier alpha value is -2.78. The Morgan fingerprint density at radius 1 is 1.17 bits per heavy atom. The third-order valence-corrected chi connectivity index (χ3v) is 6.44. The summed E-state index contributed by atoms with van der Waals surface area (Å²) in [4.78, 5) is 17.1. The molecule has 0 bridgehead atoms. The maximum Gasteiger partial charge on any atom is 0.346 e. The van der Waals surface area contributed by atoms with E-state index >= 15 is 0 Å². The van der Waals surface area contributed by atoms with Crippen LogP contribution in [0, 0.1) is 0 Å². The van der Waals surface area contributed by atoms with E-state index in [9.17, 15) is 13.2 Å². The van der Waals surface area contributed by atoms with Crippen LogP contribution in [0.2, 0.25) is 0 Å². The number of hydrogen-bond donors (Lipinski definition) is 1. The van der Waals surface area contributed by atoms with Crippen LogP contribution in [0.1, 0.15) is 31.4 Å². The molecule has 1 aliphatic carbocycles. The topological polar surface area (TPSA) is 98.9 Å². The fourth-order valence-electron chi connectivity index (χ4n) is 3.19. The van der Waals surface area contributed by atoms with E-state index in [0.29, 0.717) is 5.82 Å². The van der Waals surface area contributed by atoms with Crippen molar-refractivity contribution in [2.45, 2.75) is 43.7 Å². The van der Waals surface area contributed by atoms with Gasteiger partial charge in [-0.2, -0.15) is 0 Å². The largest absolute Gasteiger partial charge is 0.346 e. The second-order valence-electron chi connectivity index (χ2n) is 7.07. The zero-order valence-corrected chi connectivity index (χ0v) is 17.0. The normalized spacial score (nSPS) is 14.2. The van der Waals surface area contributed by atoms with Crippen molar-refractivity contribution < 1.29 is 8.42 Å². The summed E-state index contributed by atoms with van der Waals surface area (Å²) in [5.41, 5.74) is 1.62. The monoisotopic (exact) mass is 413 g/mol. The Bertz CT molecular complexity index is 1150. The molecule has 1 aromatic carbocycles. The Morgan fingerprint density at radius 3 is 2.55 bits per heavy atom. The van der Waals surface area contributed by atoms with Crippen LogP contribution in [-0.4, -0.2) is 34.3 Å². The van der Waals surface area contributed by atoms with Gasteiger partial charge in [-0.3, -0.25) is 9.55 Å². The molecule has 0 atom stereocenters. The minimum absolute atomic E-state index is 0.0753. The second kappa shape index (κ2) is 7.92. The number of aromatic nitrogens is 4. The predicted molar refractivity (Wildman–Crippen MR) is 109 cm³/mol. The summed E-state index contributed by atoms with van der Waals surface area (Å²) in [5, 5.41) is 4.45. The van der Waals surface area contributed by atoms with Crippen molar-refractivity contribution in [1.82, 2.24) is 24.1 Å². The van der Waals surface area contributed by atoms with Crippen molar-refractivity contribution in [2.24, 2.45) is 0 Å². The molecule has 0 saturated heterocycles. The van der Waals surface area contributed by atoms with Crippen LogP contribution in [0.15, 0.2) is 58.5 Å². The van der Waals surface area contributed by atoms with Crippen LogP contribution in [0.3, 0.4) is 0 Å². The Morgan fingerprint density at radius 2 is 1.93 bits per heavy atom. The van der Waals surface area contributed by atoms with Gasteiger partial charge in [-0.05, 0) is 49.1 Å². The van der Waals surface area contributed by atoms with Crippen molar-refractivity contribution in [3.8, 4) is 11.4 Å². The van der Waals surface area contributed by atoms with E-state index in [1.54, 1.807) is 47.3 Å². The first kappa shape index (κ1) is 19.5. The van der Waals surface area contributed by atoms with Crippen molar-refractivity contribution in [1.29, 1.82) is 0 Å². The van der Waals surface area contributed by atoms with Gasteiger partial charge in [0.2, 0.25) is 10.0 Å². The van der Waals surface area contributed by atoms with Crippen LogP contribution in [-0.2, 0) is 23.0 Å². The molecular weight excluding hydrogens is 390 g/mol. The molecule has 1 N–H and O–H groups in total. The molecule has 4 rings (SSSR count). The van der Waals surface area contributed by atoms with Crippen molar-refractivity contribution in [3.63, 3.8) is 0 Å². The predicted octanol–water partition coefficient (Wildman–Crippen LogP) is 1.98. The maximum absolute atomic E-state index is 12.8. The van der Waals surface area contributed by atoms with Gasteiger partial charge < -0.3 is 0 Å². The lowest BCUT2D eigenvalue weighted by atomic mass is 10.2. The minimum atomic E-state index is -3.64. The summed E-state index contributed by atoms with van der Waals surface area (Å²) in [7, 11) is -3.64. The molecule has 29 heavy (non-hydrogen) atoms. The number of pyridine rings is 1. The van der Waals surface area contributed by atoms with E-state index in [-0.39, 0.29) is 29.7 Å². The van der Waals surface area contributed by atoms with E-state index in [1.807, 2.05) is 13.0 Å². The van der Waals surface area contributed by atoms with E-state index in [0.717, 1.165) is 30.4 Å². The fraction of sp³-hybridized carbons (Fsp3) is 0.350. The van der Waals surface area contributed by atoms with Crippen LogP contribution < -0.4 is 10.4 Å². The highest BCUT2D eigenvalue weighted by atomic mass is 32.2. The van der Waals surface area contributed by atoms with Crippen LogP contribution >= 0.6 is 0 Å². The van der Waals surface area contributed by atoms with Gasteiger partial charge in [0.05, 0.1) is 11.4 Å². The number of rotatable bonds is 8. The zero-order valence-electron chi connectivity index (χ0n) is 16.2. The molecule has 8 nitrogen and oxygen atoms in total. The van der Waals surface area contributed by atoms with E-state index in [1.165, 1.54) is 4.68 Å². The number of aryl methyl sites for hydroxylation is 1. The first-order valence-electron chi connectivity index (χ1n) is 9.68. The molecule has 0 amide bonds. The lowest BCUT2D eigenvalue weighted by Gasteiger charge is -2.07. The summed E-state index contributed by atoms with van der Waals surface area (Å²) < 4.78 is 30.5. The average molecular weight is 414 g/mol. The fourth-order valence-corrected chi connectivity index (χ4v) is 4.21. The molecule has 3 aromatic rings. The first-order chi connectivity index (χ1) is 14.0. The van der Waals surface area contributed by atoms with Gasteiger partial charge in [0.1, 0.15) is 0 Å². The van der Waals surface area contributed by atoms with Crippen LogP contribution in [0.25, 0.3) is 11.4 Å². The Labute approximate surface area is 169 Å². The van der Waals surface area contributed by atoms with Gasteiger partial charge in [-0.15, -0.1) is 5.10 Å². The molecule has 1 aliphatic rings. The molecule has 0 unspecified atom stereocenters. The molecule has 1 fully saturated rings. The van der Waals surface area contributed by atoms with Crippen LogP contribution in [0.4, 0.5) is 0 Å². The van der Waals surface area contributed by atoms with Gasteiger partial charge in [0.25, 0.3) is 0 Å². The highest BCUT2D eigenvalue weighted by Gasteiger charge is 2.30. The number of sulfonamides is 1. The maximum atomic E-state index is 12.8. The lowest BCUT2D eigenvalue weighted by Crippen LogP contribution is -2.32. The number of nitrogens with zero attached hydrogens (tertiary/aromatic N) is 4. The third-order valence-electron chi connectivity index (χ3n) is 4.96. The Kier molecular flexibility index (Phi) is 5.33. The number of nitrogens with one attached hydrogen (secondary N) is 1. The summed E-state index contributed by atoms with van der Waals surface area (Å²) in [6.07, 6.45) is 6.08. The minimum Gasteiger partial charge on any atom is -0.272 e. The van der Waals surface area contributed by atoms with E-state index < -0.39 is 10.0 Å². The molecular formula is C20H23N5O3S. The molecule has 9 heteroatoms. The van der Waals surface area contributed by atoms with Crippen molar-refractivity contribution in [3.05, 3.63) is 64.8 Å². The van der Waals surface area contributed by atoms with Gasteiger partial charge in [0, 0.05) is 30.5 Å². The summed E-state index contributed by atoms with van der Waals surface area (Å²) in [6, 6.07) is 10.6. The molecule has 0 spiro atoms. The van der Waals surface area contributed by atoms with E-state index in [4.69, 9.17) is 0 Å². The summed E-state index contributed by atoms with van der Waals surface area (Å²) in [5.74, 6) is 0.573. The standard InChI is InChI=1S/C20H23N5O3S/c1-2-15-5-9-18(10-6-15)29(27,28)22-12-13-24-20(26)25(17-7-8-17)19(23-24)16-4-3-11-21-14-16/h3-6,9-11,14,17,22H,2,7-8,12-13H2,1H3. The first-order valence-corrected chi connectivity index (χ1v) is 11.2. The summed E-state index contributed by atoms with van der Waals surface area (Å²) in [6.45, 7) is 2.24. The van der Waals surface area contributed by atoms with Gasteiger partial charge in [-0.25, -0.2) is 22.6 Å². The smallest absolute Gasteiger partial charge is 0.272 e. The van der Waals surface area contributed by atoms with Gasteiger partial charge >= 0.3 is 5.69 Å². The molecule has 0 aliphatic heterocycles. The molecule has 0 radical (unpaired) electrons. The number of hydrogen-bond acceptors (Lipinski definition) is 5. The van der Waals surface area contributed by atoms with Crippen LogP contribution in [0.5, 0.6) is 0 Å². The van der Waals surface area contributed by atoms with E-state index in [2.05, 4.69) is 14.8 Å². The second-order valence-corrected chi connectivity index (χ2v) is 8.83. The molecule has 152 valence electrons. The highest BCUT2D eigenvalue weighted by Crippen LogP contribution is 2.36. The quantitative estimate of drug-likeness (QED) is 0.609. The molecule has 1 saturated carbocycles. The highest BCUT2D eigenvalue weighted by molar-refractivity contribution is 7.89. The van der Waals surface area contributed by atoms with Gasteiger partial charge in [0.15, 0.2) is 5.82 Å². The van der Waals surface area contributed by atoms with Gasteiger partial charge in [-0.1, -0.05) is 19.1 Å². The number of benzene rings is 1.